The average Bonchev–Trinajstić information content (AvgIpc) is 0.904. The van der Waals surface area contributed by atoms with Crippen molar-refractivity contribution in [2.45, 2.75) is 465 Å². The van der Waals surface area contributed by atoms with Gasteiger partial charge in [0.15, 0.2) is 12.2 Å². The van der Waals surface area contributed by atoms with Gasteiger partial charge in [-0.1, -0.05) is 395 Å². The molecule has 2 unspecified atom stereocenters. The average molecular weight is 1520 g/mol. The normalized spacial score (nSPS) is 13.9. The summed E-state index contributed by atoms with van der Waals surface area (Å²) >= 11 is 0. The molecule has 0 aliphatic heterocycles. The molecule has 0 saturated heterocycles. The Morgan fingerprint density at radius 2 is 0.442 bits per heavy atom. The summed E-state index contributed by atoms with van der Waals surface area (Å²) in [6, 6.07) is 0. The summed E-state index contributed by atoms with van der Waals surface area (Å²) in [7, 11) is -9.93. The monoisotopic (exact) mass is 1520 g/mol. The van der Waals surface area contributed by atoms with Gasteiger partial charge in [0.05, 0.1) is 26.4 Å². The minimum absolute atomic E-state index is 0.107. The Hall–Kier alpha value is -1.94. The Morgan fingerprint density at radius 1 is 0.260 bits per heavy atom. The lowest BCUT2D eigenvalue weighted by molar-refractivity contribution is -0.161. The van der Waals surface area contributed by atoms with Crippen LogP contribution >= 0.6 is 15.6 Å². The second-order valence-electron chi connectivity index (χ2n) is 32.0. The zero-order chi connectivity index (χ0) is 76.5. The number of phosphoric ester groups is 2. The van der Waals surface area contributed by atoms with E-state index in [0.717, 1.165) is 108 Å². The third kappa shape index (κ3) is 78.2. The third-order valence-electron chi connectivity index (χ3n) is 19.9. The maximum atomic E-state index is 13.1. The third-order valence-corrected chi connectivity index (χ3v) is 21.8. The molecule has 0 bridgehead atoms. The molecule has 104 heavy (non-hydrogen) atoms. The van der Waals surface area contributed by atoms with E-state index in [1.54, 1.807) is 0 Å². The fraction of sp³-hybridized carbons (Fsp3) is 0.953. The highest BCUT2D eigenvalue weighted by Crippen LogP contribution is 2.45. The maximum Gasteiger partial charge on any atom is 0.472 e. The summed E-state index contributed by atoms with van der Waals surface area (Å²) in [5.41, 5.74) is 0. The first-order valence-corrected chi connectivity index (χ1v) is 46.8. The first kappa shape index (κ1) is 102. The summed E-state index contributed by atoms with van der Waals surface area (Å²) in [5, 5.41) is 10.7. The van der Waals surface area contributed by atoms with E-state index in [2.05, 4.69) is 48.5 Å². The zero-order valence-corrected chi connectivity index (χ0v) is 70.3. The highest BCUT2D eigenvalue weighted by Gasteiger charge is 2.30. The fourth-order valence-electron chi connectivity index (χ4n) is 13.2. The van der Waals surface area contributed by atoms with Crippen LogP contribution in [0.25, 0.3) is 0 Å². The number of carbonyl (C=O) groups is 4. The molecule has 618 valence electrons. The Labute approximate surface area is 638 Å². The van der Waals surface area contributed by atoms with Gasteiger partial charge in [-0.05, 0) is 43.4 Å². The second-order valence-corrected chi connectivity index (χ2v) is 34.9. The van der Waals surface area contributed by atoms with Crippen LogP contribution in [-0.4, -0.2) is 96.7 Å². The van der Waals surface area contributed by atoms with Crippen LogP contribution in [0.5, 0.6) is 0 Å². The van der Waals surface area contributed by atoms with Crippen molar-refractivity contribution >= 4 is 39.5 Å². The van der Waals surface area contributed by atoms with Gasteiger partial charge in [0.25, 0.3) is 0 Å². The molecule has 0 spiro atoms. The lowest BCUT2D eigenvalue weighted by Gasteiger charge is -2.21. The maximum absolute atomic E-state index is 13.1. The number of unbranched alkanes of at least 4 members (excludes halogenated alkanes) is 51. The van der Waals surface area contributed by atoms with E-state index in [1.807, 2.05) is 0 Å². The Morgan fingerprint density at radius 3 is 0.654 bits per heavy atom. The van der Waals surface area contributed by atoms with Crippen LogP contribution in [0.2, 0.25) is 0 Å². The number of hydrogen-bond acceptors (Lipinski definition) is 15. The molecule has 0 amide bonds. The van der Waals surface area contributed by atoms with Crippen molar-refractivity contribution in [1.29, 1.82) is 0 Å². The predicted molar refractivity (Wildman–Crippen MR) is 428 cm³/mol. The van der Waals surface area contributed by atoms with Crippen molar-refractivity contribution in [2.75, 3.05) is 39.6 Å². The van der Waals surface area contributed by atoms with Crippen molar-refractivity contribution in [2.24, 2.45) is 17.8 Å². The second kappa shape index (κ2) is 75.1. The van der Waals surface area contributed by atoms with Crippen molar-refractivity contribution < 1.29 is 80.2 Å². The number of ether oxygens (including phenoxy) is 4. The molecular formula is C85H166O17P2. The predicted octanol–water partition coefficient (Wildman–Crippen LogP) is 25.7. The number of esters is 4. The molecule has 19 heteroatoms. The van der Waals surface area contributed by atoms with E-state index in [1.165, 1.54) is 257 Å². The van der Waals surface area contributed by atoms with Gasteiger partial charge in [-0.25, -0.2) is 9.13 Å². The number of hydrogen-bond donors (Lipinski definition) is 3. The molecule has 0 heterocycles. The fourth-order valence-corrected chi connectivity index (χ4v) is 14.8. The molecule has 3 N–H and O–H groups in total. The minimum Gasteiger partial charge on any atom is -0.462 e. The molecule has 0 aliphatic rings. The van der Waals surface area contributed by atoms with E-state index < -0.39 is 97.5 Å². The van der Waals surface area contributed by atoms with Gasteiger partial charge in [-0.3, -0.25) is 37.3 Å². The lowest BCUT2D eigenvalue weighted by atomic mass is 10.0. The summed E-state index contributed by atoms with van der Waals surface area (Å²) < 4.78 is 68.8. The van der Waals surface area contributed by atoms with Crippen molar-refractivity contribution in [3.63, 3.8) is 0 Å². The number of rotatable bonds is 83. The zero-order valence-electron chi connectivity index (χ0n) is 68.5. The van der Waals surface area contributed by atoms with Gasteiger partial charge in [0.2, 0.25) is 0 Å². The van der Waals surface area contributed by atoms with Gasteiger partial charge in [0.1, 0.15) is 19.3 Å². The van der Waals surface area contributed by atoms with Crippen molar-refractivity contribution in [3.05, 3.63) is 0 Å². The molecule has 0 rings (SSSR count). The van der Waals surface area contributed by atoms with Gasteiger partial charge < -0.3 is 33.8 Å². The molecular weight excluding hydrogens is 1350 g/mol. The Bertz CT molecular complexity index is 2010. The first-order chi connectivity index (χ1) is 50.2. The Kier molecular flexibility index (Phi) is 73.7. The quantitative estimate of drug-likeness (QED) is 0.0222. The van der Waals surface area contributed by atoms with Crippen LogP contribution in [0.3, 0.4) is 0 Å². The van der Waals surface area contributed by atoms with Gasteiger partial charge >= 0.3 is 39.5 Å². The summed E-state index contributed by atoms with van der Waals surface area (Å²) in [5.74, 6) is 0.254. The standard InChI is InChI=1S/C85H166O17P2/c1-8-9-10-11-12-13-14-25-33-38-47-54-61-68-84(89)102-81(73-96-83(88)67-60-53-46-41-40-44-51-58-65-78(6)7)75-100-104(93,94)98-71-79(86)70-97-103(91,92)99-74-80(72-95-82(87)66-59-52-45-37-32-28-23-20-19-22-27-31-36-43-50-57-64-77(4)5)101-85(90)69-62-55-48-39-34-29-24-18-16-15-17-21-26-30-35-42-49-56-63-76(2)3/h76-81,86H,8-75H2,1-7H3,(H,91,92)(H,93,94)/t79-,80-,81-/m1/s1. The first-order valence-electron chi connectivity index (χ1n) is 43.8. The SMILES string of the molecule is CCCCCCCCCCCCCCCC(=O)O[C@H](COC(=O)CCCCCCCCCCC(C)C)COP(=O)(O)OC[C@H](O)COP(=O)(O)OC[C@@H](COC(=O)CCCCCCCCCCCCCCCCCCC(C)C)OC(=O)CCCCCCCCCCCCCCCCCCCCC(C)C. The molecule has 0 aromatic rings. The van der Waals surface area contributed by atoms with E-state index in [9.17, 15) is 43.2 Å². The molecule has 0 aromatic carbocycles. The molecule has 17 nitrogen and oxygen atoms in total. The largest absolute Gasteiger partial charge is 0.472 e. The number of phosphoric acid groups is 2. The smallest absolute Gasteiger partial charge is 0.462 e. The van der Waals surface area contributed by atoms with Gasteiger partial charge in [-0.2, -0.15) is 0 Å². The van der Waals surface area contributed by atoms with Crippen LogP contribution in [0.4, 0.5) is 0 Å². The number of aliphatic hydroxyl groups excluding tert-OH is 1. The van der Waals surface area contributed by atoms with E-state index in [4.69, 9.17) is 37.0 Å². The number of aliphatic hydroxyl groups is 1. The van der Waals surface area contributed by atoms with E-state index in [0.29, 0.717) is 25.7 Å². The topological polar surface area (TPSA) is 237 Å². The van der Waals surface area contributed by atoms with Crippen molar-refractivity contribution in [3.8, 4) is 0 Å². The lowest BCUT2D eigenvalue weighted by Crippen LogP contribution is -2.30. The molecule has 0 aliphatic carbocycles. The molecule has 0 aromatic heterocycles. The molecule has 0 fully saturated rings. The van der Waals surface area contributed by atoms with Crippen LogP contribution in [0.1, 0.15) is 447 Å². The molecule has 0 saturated carbocycles. The molecule has 5 atom stereocenters. The van der Waals surface area contributed by atoms with E-state index >= 15 is 0 Å². The summed E-state index contributed by atoms with van der Waals surface area (Å²) in [6.07, 6.45) is 65.3. The van der Waals surface area contributed by atoms with Gasteiger partial charge in [-0.15, -0.1) is 0 Å². The van der Waals surface area contributed by atoms with Crippen LogP contribution in [0, 0.1) is 17.8 Å². The minimum atomic E-state index is -4.97. The van der Waals surface area contributed by atoms with Crippen LogP contribution < -0.4 is 0 Å². The van der Waals surface area contributed by atoms with Crippen molar-refractivity contribution in [1.82, 2.24) is 0 Å². The summed E-state index contributed by atoms with van der Waals surface area (Å²) in [4.78, 5) is 73.2. The van der Waals surface area contributed by atoms with Gasteiger partial charge in [0, 0.05) is 25.7 Å². The number of carbonyl (C=O) groups excluding carboxylic acids is 4. The highest BCUT2D eigenvalue weighted by atomic mass is 31.2. The van der Waals surface area contributed by atoms with Crippen LogP contribution in [0.15, 0.2) is 0 Å². The van der Waals surface area contributed by atoms with E-state index in [-0.39, 0.29) is 25.7 Å². The Balaban J connectivity index is 5.23. The highest BCUT2D eigenvalue weighted by molar-refractivity contribution is 7.47. The van der Waals surface area contributed by atoms with Crippen LogP contribution in [-0.2, 0) is 65.4 Å². The summed E-state index contributed by atoms with van der Waals surface area (Å²) in [6.45, 7) is 12.0. The molecule has 0 radical (unpaired) electrons.